The molecular weight excluding hydrogens is 278 g/mol. The summed E-state index contributed by atoms with van der Waals surface area (Å²) in [5.41, 5.74) is 4.22. The van der Waals surface area contributed by atoms with E-state index in [1.807, 2.05) is 36.4 Å². The van der Waals surface area contributed by atoms with Crippen LogP contribution in [0.1, 0.15) is 25.8 Å². The van der Waals surface area contributed by atoms with Crippen molar-refractivity contribution < 1.29 is 4.79 Å². The molecule has 0 fully saturated rings. The van der Waals surface area contributed by atoms with Crippen LogP contribution < -0.4 is 0 Å². The van der Waals surface area contributed by atoms with Gasteiger partial charge in [0.25, 0.3) is 0 Å². The summed E-state index contributed by atoms with van der Waals surface area (Å²) in [7, 11) is 0. The van der Waals surface area contributed by atoms with E-state index in [0.717, 1.165) is 18.5 Å². The van der Waals surface area contributed by atoms with Gasteiger partial charge < -0.3 is 0 Å². The van der Waals surface area contributed by atoms with Gasteiger partial charge in [0.05, 0.1) is 5.69 Å². The minimum absolute atomic E-state index is 0.0208. The number of carbonyl (C=O) groups excluding carboxylic acids is 1. The van der Waals surface area contributed by atoms with Crippen molar-refractivity contribution in [2.45, 2.75) is 12.8 Å². The molecule has 0 unspecified atom stereocenters. The molecule has 0 saturated heterocycles. The van der Waals surface area contributed by atoms with Crippen molar-refractivity contribution in [3.8, 4) is 11.3 Å². The predicted molar refractivity (Wildman–Crippen MR) is 84.8 cm³/mol. The molecule has 0 atom stereocenters. The van der Waals surface area contributed by atoms with E-state index >= 15 is 0 Å². The van der Waals surface area contributed by atoms with Crippen LogP contribution in [0.3, 0.4) is 0 Å². The molecule has 1 aliphatic rings. The van der Waals surface area contributed by atoms with E-state index < -0.39 is 0 Å². The van der Waals surface area contributed by atoms with Gasteiger partial charge in [0.15, 0.2) is 5.01 Å². The second-order valence-electron chi connectivity index (χ2n) is 5.14. The Balaban J connectivity index is 1.79. The molecule has 2 nitrogen and oxygen atoms in total. The summed E-state index contributed by atoms with van der Waals surface area (Å²) in [5.74, 6) is 0.0208. The quantitative estimate of drug-likeness (QED) is 0.664. The standard InChI is InChI=1S/C18H13NOS/c20-17(13-7-2-1-3-8-13)18-19-16-14-9-5-4-6-12(14)10-11-15(16)21-18/h1-9H,10-11H2. The largest absolute Gasteiger partial charge is 0.286 e. The number of thiazole rings is 1. The Morgan fingerprint density at radius 1 is 0.952 bits per heavy atom. The summed E-state index contributed by atoms with van der Waals surface area (Å²) >= 11 is 1.54. The molecule has 0 radical (unpaired) electrons. The van der Waals surface area contributed by atoms with Gasteiger partial charge in [-0.3, -0.25) is 4.79 Å². The van der Waals surface area contributed by atoms with Crippen LogP contribution in [-0.2, 0) is 12.8 Å². The lowest BCUT2D eigenvalue weighted by molar-refractivity contribution is 0.103. The number of aryl methyl sites for hydroxylation is 2. The van der Waals surface area contributed by atoms with Crippen molar-refractivity contribution in [2.24, 2.45) is 0 Å². The average molecular weight is 291 g/mol. The lowest BCUT2D eigenvalue weighted by Crippen LogP contribution is -2.02. The van der Waals surface area contributed by atoms with E-state index in [-0.39, 0.29) is 5.78 Å². The number of nitrogens with zero attached hydrogens (tertiary/aromatic N) is 1. The first-order valence-electron chi connectivity index (χ1n) is 7.00. The second kappa shape index (κ2) is 4.93. The van der Waals surface area contributed by atoms with Crippen LogP contribution in [-0.4, -0.2) is 10.8 Å². The van der Waals surface area contributed by atoms with Gasteiger partial charge in [-0.15, -0.1) is 11.3 Å². The van der Waals surface area contributed by atoms with Crippen molar-refractivity contribution in [1.82, 2.24) is 4.98 Å². The number of carbonyl (C=O) groups is 1. The summed E-state index contributed by atoms with van der Waals surface area (Å²) in [5, 5.41) is 0.600. The molecule has 4 rings (SSSR count). The maximum Gasteiger partial charge on any atom is 0.221 e. The van der Waals surface area contributed by atoms with E-state index in [1.165, 1.54) is 16.0 Å². The number of benzene rings is 2. The Labute approximate surface area is 127 Å². The van der Waals surface area contributed by atoms with Gasteiger partial charge >= 0.3 is 0 Å². The molecule has 0 aliphatic heterocycles. The van der Waals surface area contributed by atoms with E-state index in [4.69, 9.17) is 0 Å². The van der Waals surface area contributed by atoms with Gasteiger partial charge in [-0.05, 0) is 18.4 Å². The molecule has 0 N–H and O–H groups in total. The molecule has 21 heavy (non-hydrogen) atoms. The molecule has 0 spiro atoms. The SMILES string of the molecule is O=C(c1ccccc1)c1nc2c(s1)CCc1ccccc1-2. The number of rotatable bonds is 2. The van der Waals surface area contributed by atoms with Crippen molar-refractivity contribution in [3.63, 3.8) is 0 Å². The highest BCUT2D eigenvalue weighted by atomic mass is 32.1. The van der Waals surface area contributed by atoms with E-state index in [2.05, 4.69) is 23.2 Å². The van der Waals surface area contributed by atoms with Crippen LogP contribution in [0.2, 0.25) is 0 Å². The number of fused-ring (bicyclic) bond motifs is 3. The Kier molecular flexibility index (Phi) is 2.93. The zero-order valence-corrected chi connectivity index (χ0v) is 12.2. The molecule has 0 bridgehead atoms. The van der Waals surface area contributed by atoms with Gasteiger partial charge in [-0.2, -0.15) is 0 Å². The molecule has 1 heterocycles. The monoisotopic (exact) mass is 291 g/mol. The summed E-state index contributed by atoms with van der Waals surface area (Å²) in [4.78, 5) is 18.4. The fourth-order valence-corrected chi connectivity index (χ4v) is 3.80. The maximum absolute atomic E-state index is 12.5. The third kappa shape index (κ3) is 2.10. The Morgan fingerprint density at radius 2 is 1.71 bits per heavy atom. The van der Waals surface area contributed by atoms with Crippen molar-refractivity contribution in [2.75, 3.05) is 0 Å². The van der Waals surface area contributed by atoms with Crippen molar-refractivity contribution >= 4 is 17.1 Å². The summed E-state index contributed by atoms with van der Waals surface area (Å²) in [6.07, 6.45) is 2.01. The Bertz CT molecular complexity index is 820. The molecule has 2 aromatic carbocycles. The minimum atomic E-state index is 0.0208. The highest BCUT2D eigenvalue weighted by Crippen LogP contribution is 2.36. The Hall–Kier alpha value is -2.26. The normalized spacial score (nSPS) is 12.6. The lowest BCUT2D eigenvalue weighted by Gasteiger charge is -2.13. The van der Waals surface area contributed by atoms with Crippen molar-refractivity contribution in [3.05, 3.63) is 75.6 Å². The minimum Gasteiger partial charge on any atom is -0.286 e. The fraction of sp³-hybridized carbons (Fsp3) is 0.111. The average Bonchev–Trinajstić information content (AvgIpc) is 2.99. The number of hydrogen-bond acceptors (Lipinski definition) is 3. The molecule has 0 saturated carbocycles. The first kappa shape index (κ1) is 12.5. The molecule has 1 aliphatic carbocycles. The van der Waals surface area contributed by atoms with Crippen LogP contribution in [0.5, 0.6) is 0 Å². The van der Waals surface area contributed by atoms with Crippen molar-refractivity contribution in [1.29, 1.82) is 0 Å². The summed E-state index contributed by atoms with van der Waals surface area (Å²) < 4.78 is 0. The summed E-state index contributed by atoms with van der Waals surface area (Å²) in [6, 6.07) is 17.7. The first-order chi connectivity index (χ1) is 10.3. The van der Waals surface area contributed by atoms with E-state index in [1.54, 1.807) is 11.3 Å². The zero-order chi connectivity index (χ0) is 14.2. The number of aromatic nitrogens is 1. The predicted octanol–water partition coefficient (Wildman–Crippen LogP) is 4.14. The van der Waals surface area contributed by atoms with E-state index in [9.17, 15) is 4.79 Å². The molecule has 3 aromatic rings. The topological polar surface area (TPSA) is 30.0 Å². The Morgan fingerprint density at radius 3 is 2.57 bits per heavy atom. The van der Waals surface area contributed by atoms with Gasteiger partial charge in [-0.25, -0.2) is 4.98 Å². The molecule has 1 aromatic heterocycles. The molecule has 102 valence electrons. The van der Waals surface area contributed by atoms with Crippen LogP contribution in [0.15, 0.2) is 54.6 Å². The first-order valence-corrected chi connectivity index (χ1v) is 7.82. The van der Waals surface area contributed by atoms with Crippen LogP contribution in [0.25, 0.3) is 11.3 Å². The molecule has 3 heteroatoms. The van der Waals surface area contributed by atoms with Gasteiger partial charge in [0, 0.05) is 16.0 Å². The third-order valence-corrected chi connectivity index (χ3v) is 4.94. The molecule has 0 amide bonds. The van der Waals surface area contributed by atoms with Gasteiger partial charge in [0.2, 0.25) is 5.78 Å². The highest BCUT2D eigenvalue weighted by molar-refractivity contribution is 7.14. The molecular formula is C18H13NOS. The summed E-state index contributed by atoms with van der Waals surface area (Å²) in [6.45, 7) is 0. The smallest absolute Gasteiger partial charge is 0.221 e. The van der Waals surface area contributed by atoms with E-state index in [0.29, 0.717) is 10.6 Å². The highest BCUT2D eigenvalue weighted by Gasteiger charge is 2.23. The maximum atomic E-state index is 12.5. The third-order valence-electron chi connectivity index (χ3n) is 3.82. The lowest BCUT2D eigenvalue weighted by atomic mass is 9.94. The van der Waals surface area contributed by atoms with Crippen LogP contribution >= 0.6 is 11.3 Å². The fourth-order valence-electron chi connectivity index (χ4n) is 2.76. The van der Waals surface area contributed by atoms with Gasteiger partial charge in [0.1, 0.15) is 0 Å². The van der Waals surface area contributed by atoms with Gasteiger partial charge in [-0.1, -0.05) is 54.6 Å². The number of ketones is 1. The van der Waals surface area contributed by atoms with Crippen LogP contribution in [0.4, 0.5) is 0 Å². The second-order valence-corrected chi connectivity index (χ2v) is 6.23. The number of hydrogen-bond donors (Lipinski definition) is 0. The zero-order valence-electron chi connectivity index (χ0n) is 11.4. The van der Waals surface area contributed by atoms with Crippen LogP contribution in [0, 0.1) is 0 Å².